The highest BCUT2D eigenvalue weighted by molar-refractivity contribution is 6.06. The maximum absolute atomic E-state index is 13.3. The molecule has 0 aliphatic carbocycles. The van der Waals surface area contributed by atoms with Crippen molar-refractivity contribution in [1.29, 1.82) is 0 Å². The van der Waals surface area contributed by atoms with Gasteiger partial charge in [-0.1, -0.05) is 24.3 Å². The molecule has 7 heteroatoms. The highest BCUT2D eigenvalue weighted by Crippen LogP contribution is 2.25. The van der Waals surface area contributed by atoms with Gasteiger partial charge in [0.2, 0.25) is 0 Å². The number of ether oxygens (including phenoxy) is 1. The minimum absolute atomic E-state index is 0.0358. The van der Waals surface area contributed by atoms with Gasteiger partial charge in [-0.2, -0.15) is 0 Å². The summed E-state index contributed by atoms with van der Waals surface area (Å²) >= 11 is 0. The molecule has 0 unspecified atom stereocenters. The number of carbonyl (C=O) groups excluding carboxylic acids is 2. The fourth-order valence-electron chi connectivity index (χ4n) is 2.56. The molecule has 3 aromatic rings. The number of aromatic nitrogens is 1. The number of carbonyl (C=O) groups is 2. The zero-order chi connectivity index (χ0) is 20.8. The number of benzene rings is 2. The first-order chi connectivity index (χ1) is 13.9. The Bertz CT molecular complexity index is 1040. The Morgan fingerprint density at radius 2 is 1.55 bits per heavy atom. The van der Waals surface area contributed by atoms with E-state index in [1.54, 1.807) is 30.3 Å². The quantitative estimate of drug-likeness (QED) is 0.646. The number of hydrogen-bond acceptors (Lipinski definition) is 4. The number of nitrogens with zero attached hydrogens (tertiary/aromatic N) is 1. The molecule has 2 aromatic carbocycles. The summed E-state index contributed by atoms with van der Waals surface area (Å²) in [5.74, 6) is -0.957. The Labute approximate surface area is 167 Å². The fraction of sp³-hybridized carbons (Fsp3) is 0.136. The Kier molecular flexibility index (Phi) is 6.19. The molecule has 1 heterocycles. The van der Waals surface area contributed by atoms with Crippen LogP contribution in [-0.2, 0) is 0 Å². The molecule has 0 fully saturated rings. The molecule has 0 saturated carbocycles. The van der Waals surface area contributed by atoms with E-state index in [4.69, 9.17) is 4.74 Å². The largest absolute Gasteiger partial charge is 0.489 e. The SMILES string of the molecule is CC(C)Oc1ccccc1NC(=O)c1cccc(C(=O)Nc2cccc(F)c2)n1. The zero-order valence-corrected chi connectivity index (χ0v) is 16.0. The van der Waals surface area contributed by atoms with Crippen LogP contribution in [0.3, 0.4) is 0 Å². The number of halogens is 1. The average Bonchev–Trinajstić information content (AvgIpc) is 2.69. The normalized spacial score (nSPS) is 10.5. The number of hydrogen-bond donors (Lipinski definition) is 2. The van der Waals surface area contributed by atoms with E-state index in [9.17, 15) is 14.0 Å². The molecule has 6 nitrogen and oxygen atoms in total. The van der Waals surface area contributed by atoms with E-state index in [1.165, 1.54) is 30.3 Å². The van der Waals surface area contributed by atoms with Crippen molar-refractivity contribution in [3.05, 3.63) is 83.9 Å². The van der Waals surface area contributed by atoms with Gasteiger partial charge in [-0.05, 0) is 56.3 Å². The molecule has 0 bridgehead atoms. The molecular weight excluding hydrogens is 373 g/mol. The van der Waals surface area contributed by atoms with E-state index in [1.807, 2.05) is 19.9 Å². The summed E-state index contributed by atoms with van der Waals surface area (Å²) in [5.41, 5.74) is 0.902. The third-order valence-electron chi connectivity index (χ3n) is 3.79. The molecule has 0 atom stereocenters. The minimum atomic E-state index is -0.547. The molecular formula is C22H20FN3O3. The van der Waals surface area contributed by atoms with E-state index < -0.39 is 17.6 Å². The molecule has 3 rings (SSSR count). The summed E-state index contributed by atoms with van der Waals surface area (Å²) in [5, 5.41) is 5.30. The molecule has 0 radical (unpaired) electrons. The van der Waals surface area contributed by atoms with Crippen LogP contribution in [-0.4, -0.2) is 22.9 Å². The van der Waals surface area contributed by atoms with Gasteiger partial charge in [-0.25, -0.2) is 9.37 Å². The predicted molar refractivity (Wildman–Crippen MR) is 109 cm³/mol. The second-order valence-electron chi connectivity index (χ2n) is 6.49. The molecule has 0 spiro atoms. The van der Waals surface area contributed by atoms with Crippen molar-refractivity contribution in [3.8, 4) is 5.75 Å². The molecule has 148 valence electrons. The predicted octanol–water partition coefficient (Wildman–Crippen LogP) is 4.51. The van der Waals surface area contributed by atoms with Crippen LogP contribution in [0.4, 0.5) is 15.8 Å². The highest BCUT2D eigenvalue weighted by atomic mass is 19.1. The van der Waals surface area contributed by atoms with Crippen molar-refractivity contribution in [2.45, 2.75) is 20.0 Å². The van der Waals surface area contributed by atoms with Crippen LogP contribution < -0.4 is 15.4 Å². The lowest BCUT2D eigenvalue weighted by atomic mass is 10.2. The third kappa shape index (κ3) is 5.38. The van der Waals surface area contributed by atoms with Crippen LogP contribution in [0.1, 0.15) is 34.8 Å². The molecule has 29 heavy (non-hydrogen) atoms. The molecule has 0 saturated heterocycles. The summed E-state index contributed by atoms with van der Waals surface area (Å²) in [4.78, 5) is 29.1. The van der Waals surface area contributed by atoms with E-state index in [0.29, 0.717) is 17.1 Å². The van der Waals surface area contributed by atoms with Gasteiger partial charge < -0.3 is 15.4 Å². The summed E-state index contributed by atoms with van der Waals surface area (Å²) in [6.07, 6.45) is -0.0546. The van der Waals surface area contributed by atoms with E-state index in [0.717, 1.165) is 0 Å². The number of pyridine rings is 1. The second-order valence-corrected chi connectivity index (χ2v) is 6.49. The summed E-state index contributed by atoms with van der Waals surface area (Å²) in [7, 11) is 0. The fourth-order valence-corrected chi connectivity index (χ4v) is 2.56. The summed E-state index contributed by atoms with van der Waals surface area (Å²) in [6.45, 7) is 3.78. The van der Waals surface area contributed by atoms with Crippen LogP contribution in [0.5, 0.6) is 5.75 Å². The van der Waals surface area contributed by atoms with Gasteiger partial charge in [0.25, 0.3) is 11.8 Å². The molecule has 2 amide bonds. The molecule has 0 aliphatic rings. The maximum Gasteiger partial charge on any atom is 0.274 e. The minimum Gasteiger partial charge on any atom is -0.489 e. The Morgan fingerprint density at radius 1 is 0.897 bits per heavy atom. The van der Waals surface area contributed by atoms with Crippen molar-refractivity contribution in [3.63, 3.8) is 0 Å². The summed E-state index contributed by atoms with van der Waals surface area (Å²) < 4.78 is 19.0. The van der Waals surface area contributed by atoms with Gasteiger partial charge in [0.15, 0.2) is 0 Å². The first-order valence-corrected chi connectivity index (χ1v) is 9.03. The maximum atomic E-state index is 13.3. The van der Waals surface area contributed by atoms with Gasteiger partial charge in [-0.3, -0.25) is 9.59 Å². The molecule has 0 aliphatic heterocycles. The first-order valence-electron chi connectivity index (χ1n) is 9.03. The van der Waals surface area contributed by atoms with Crippen LogP contribution >= 0.6 is 0 Å². The lowest BCUT2D eigenvalue weighted by molar-refractivity contribution is 0.101. The van der Waals surface area contributed by atoms with Crippen molar-refractivity contribution in [2.75, 3.05) is 10.6 Å². The second kappa shape index (κ2) is 8.97. The number of amides is 2. The van der Waals surface area contributed by atoms with Crippen molar-refractivity contribution in [1.82, 2.24) is 4.98 Å². The third-order valence-corrected chi connectivity index (χ3v) is 3.79. The van der Waals surface area contributed by atoms with E-state index in [-0.39, 0.29) is 17.5 Å². The van der Waals surface area contributed by atoms with Gasteiger partial charge >= 0.3 is 0 Å². The molecule has 1 aromatic heterocycles. The smallest absolute Gasteiger partial charge is 0.274 e. The lowest BCUT2D eigenvalue weighted by Crippen LogP contribution is -2.19. The van der Waals surface area contributed by atoms with E-state index >= 15 is 0 Å². The van der Waals surface area contributed by atoms with Gasteiger partial charge in [0, 0.05) is 5.69 Å². The Morgan fingerprint density at radius 3 is 2.24 bits per heavy atom. The van der Waals surface area contributed by atoms with Crippen LogP contribution in [0.2, 0.25) is 0 Å². The van der Waals surface area contributed by atoms with Gasteiger partial charge in [-0.15, -0.1) is 0 Å². The van der Waals surface area contributed by atoms with Gasteiger partial charge in [0.1, 0.15) is 23.0 Å². The molecule has 2 N–H and O–H groups in total. The van der Waals surface area contributed by atoms with Crippen molar-refractivity contribution < 1.29 is 18.7 Å². The Balaban J connectivity index is 1.75. The number of para-hydroxylation sites is 2. The standard InChI is InChI=1S/C22H20FN3O3/c1-14(2)29-20-12-4-3-9-17(20)26-22(28)19-11-6-10-18(25-19)21(27)24-16-8-5-7-15(23)13-16/h3-14H,1-2H3,(H,24,27)(H,26,28). The van der Waals surface area contributed by atoms with Crippen molar-refractivity contribution >= 4 is 23.2 Å². The van der Waals surface area contributed by atoms with Crippen LogP contribution in [0, 0.1) is 5.82 Å². The lowest BCUT2D eigenvalue weighted by Gasteiger charge is -2.14. The first kappa shape index (κ1) is 20.0. The topological polar surface area (TPSA) is 80.3 Å². The van der Waals surface area contributed by atoms with Crippen molar-refractivity contribution in [2.24, 2.45) is 0 Å². The summed E-state index contributed by atoms with van der Waals surface area (Å²) in [6, 6.07) is 17.1. The Hall–Kier alpha value is -3.74. The number of anilines is 2. The van der Waals surface area contributed by atoms with Crippen LogP contribution in [0.25, 0.3) is 0 Å². The monoisotopic (exact) mass is 393 g/mol. The average molecular weight is 393 g/mol. The number of nitrogens with one attached hydrogen (secondary N) is 2. The van der Waals surface area contributed by atoms with Crippen LogP contribution in [0.15, 0.2) is 66.7 Å². The number of rotatable bonds is 6. The van der Waals surface area contributed by atoms with E-state index in [2.05, 4.69) is 15.6 Å². The zero-order valence-electron chi connectivity index (χ0n) is 16.0. The van der Waals surface area contributed by atoms with Gasteiger partial charge in [0.05, 0.1) is 11.8 Å². The highest BCUT2D eigenvalue weighted by Gasteiger charge is 2.15.